The molecule has 0 N–H and O–H groups in total. The first-order valence-corrected chi connectivity index (χ1v) is 12.8. The Hall–Kier alpha value is -3.77. The summed E-state index contributed by atoms with van der Waals surface area (Å²) in [5.74, 6) is -0.656. The second-order valence-corrected chi connectivity index (χ2v) is 9.96. The molecule has 1 aromatic heterocycles. The molecule has 0 atom stereocenters. The van der Waals surface area contributed by atoms with Crippen LogP contribution in [0.4, 0.5) is 4.39 Å². The largest absolute Gasteiger partial charge is 0.332 e. The molecule has 0 spiro atoms. The molecule has 0 aliphatic rings. The van der Waals surface area contributed by atoms with E-state index in [1.807, 2.05) is 86.0 Å². The van der Waals surface area contributed by atoms with Crippen molar-refractivity contribution in [3.63, 3.8) is 0 Å². The van der Waals surface area contributed by atoms with E-state index in [0.717, 1.165) is 21.6 Å². The van der Waals surface area contributed by atoms with E-state index < -0.39 is 0 Å². The number of carbonyl (C=O) groups excluding carboxylic acids is 2. The van der Waals surface area contributed by atoms with Gasteiger partial charge in [-0.05, 0) is 66.2 Å². The summed E-state index contributed by atoms with van der Waals surface area (Å²) in [6.07, 6.45) is 0. The Morgan fingerprint density at radius 3 is 2.08 bits per heavy atom. The summed E-state index contributed by atoms with van der Waals surface area (Å²) >= 11 is 1.58. The minimum Gasteiger partial charge on any atom is -0.332 e. The first kappa shape index (κ1) is 25.3. The molecule has 6 heteroatoms. The van der Waals surface area contributed by atoms with E-state index in [9.17, 15) is 14.0 Å². The molecule has 0 saturated carbocycles. The maximum Gasteiger partial charge on any atom is 0.254 e. The number of amides is 2. The van der Waals surface area contributed by atoms with Gasteiger partial charge in [0.25, 0.3) is 5.91 Å². The maximum atomic E-state index is 13.5. The van der Waals surface area contributed by atoms with Crippen LogP contribution in [-0.4, -0.2) is 34.2 Å². The number of rotatable bonds is 9. The number of halogens is 1. The minimum atomic E-state index is -0.315. The summed E-state index contributed by atoms with van der Waals surface area (Å²) in [6.45, 7) is 4.55. The fraction of sp³-hybridized carbons (Fsp3) is 0.200. The topological polar surface area (TPSA) is 40.6 Å². The third kappa shape index (κ3) is 6.46. The lowest BCUT2D eigenvalue weighted by Gasteiger charge is -2.30. The highest BCUT2D eigenvalue weighted by molar-refractivity contribution is 7.09. The molecule has 0 aliphatic heterocycles. The molecule has 0 fully saturated rings. The van der Waals surface area contributed by atoms with Crippen LogP contribution in [0.15, 0.2) is 96.4 Å². The van der Waals surface area contributed by atoms with E-state index in [4.69, 9.17) is 0 Å². The molecular weight excluding hydrogens is 471 g/mol. The number of carbonyl (C=O) groups is 2. The molecule has 4 rings (SSSR count). The van der Waals surface area contributed by atoms with Crippen molar-refractivity contribution in [3.05, 3.63) is 118 Å². The van der Waals surface area contributed by atoms with Gasteiger partial charge in [0, 0.05) is 23.0 Å². The zero-order chi connectivity index (χ0) is 25.5. The lowest BCUT2D eigenvalue weighted by molar-refractivity contribution is -0.133. The van der Waals surface area contributed by atoms with Gasteiger partial charge in [-0.25, -0.2) is 4.39 Å². The molecule has 0 aliphatic carbocycles. The van der Waals surface area contributed by atoms with Crippen molar-refractivity contribution in [1.82, 2.24) is 9.80 Å². The summed E-state index contributed by atoms with van der Waals surface area (Å²) in [5, 5.41) is 1.97. The van der Waals surface area contributed by atoms with E-state index in [1.165, 1.54) is 12.1 Å². The van der Waals surface area contributed by atoms with Crippen molar-refractivity contribution in [2.75, 3.05) is 6.54 Å². The first-order valence-electron chi connectivity index (χ1n) is 11.9. The molecule has 0 bridgehead atoms. The van der Waals surface area contributed by atoms with E-state index >= 15 is 0 Å². The summed E-state index contributed by atoms with van der Waals surface area (Å²) < 4.78 is 13.4. The fourth-order valence-electron chi connectivity index (χ4n) is 3.97. The zero-order valence-corrected chi connectivity index (χ0v) is 21.2. The van der Waals surface area contributed by atoms with Crippen LogP contribution < -0.4 is 0 Å². The summed E-state index contributed by atoms with van der Waals surface area (Å²) in [6, 6.07) is 27.4. The van der Waals surface area contributed by atoms with Crippen LogP contribution in [0.3, 0.4) is 0 Å². The number of nitrogens with zero attached hydrogens (tertiary/aromatic N) is 2. The second kappa shape index (κ2) is 11.8. The van der Waals surface area contributed by atoms with Crippen LogP contribution in [0, 0.1) is 5.82 Å². The van der Waals surface area contributed by atoms with Gasteiger partial charge in [0.2, 0.25) is 5.91 Å². The third-order valence-electron chi connectivity index (χ3n) is 5.99. The molecule has 184 valence electrons. The minimum absolute atomic E-state index is 0.0382. The van der Waals surface area contributed by atoms with Crippen molar-refractivity contribution < 1.29 is 14.0 Å². The SMILES string of the molecule is CC(C)N(CC(=O)N(Cc1ccc(F)cc1)Cc1cccs1)C(=O)c1ccc(-c2ccccc2)cc1. The smallest absolute Gasteiger partial charge is 0.254 e. The highest BCUT2D eigenvalue weighted by Gasteiger charge is 2.25. The quantitative estimate of drug-likeness (QED) is 0.259. The van der Waals surface area contributed by atoms with Crippen LogP contribution in [0.2, 0.25) is 0 Å². The molecule has 0 unspecified atom stereocenters. The van der Waals surface area contributed by atoms with Crippen molar-refractivity contribution >= 4 is 23.2 Å². The Bertz CT molecular complexity index is 1270. The number of thiophene rings is 1. The highest BCUT2D eigenvalue weighted by atomic mass is 32.1. The highest BCUT2D eigenvalue weighted by Crippen LogP contribution is 2.21. The standard InChI is InChI=1S/C30H29FN2O2S/c1-22(2)33(30(35)26-14-12-25(13-15-26)24-7-4-3-5-8-24)21-29(34)32(20-28-9-6-18-36-28)19-23-10-16-27(31)17-11-23/h3-18,22H,19-21H2,1-2H3. The van der Waals surface area contributed by atoms with Crippen LogP contribution in [0.5, 0.6) is 0 Å². The molecule has 3 aromatic carbocycles. The molecule has 2 amide bonds. The van der Waals surface area contributed by atoms with Crippen LogP contribution in [0.1, 0.15) is 34.6 Å². The third-order valence-corrected chi connectivity index (χ3v) is 6.86. The van der Waals surface area contributed by atoms with Gasteiger partial charge in [-0.2, -0.15) is 0 Å². The van der Waals surface area contributed by atoms with Gasteiger partial charge in [-0.15, -0.1) is 11.3 Å². The molecule has 1 heterocycles. The van der Waals surface area contributed by atoms with E-state index in [1.54, 1.807) is 33.3 Å². The zero-order valence-electron chi connectivity index (χ0n) is 20.4. The Balaban J connectivity index is 1.51. The molecule has 36 heavy (non-hydrogen) atoms. The second-order valence-electron chi connectivity index (χ2n) is 8.93. The van der Waals surface area contributed by atoms with Gasteiger partial charge >= 0.3 is 0 Å². The molecule has 4 aromatic rings. The van der Waals surface area contributed by atoms with Crippen molar-refractivity contribution in [1.29, 1.82) is 0 Å². The van der Waals surface area contributed by atoms with Crippen molar-refractivity contribution in [3.8, 4) is 11.1 Å². The summed E-state index contributed by atoms with van der Waals surface area (Å²) in [4.78, 5) is 31.3. The molecule has 0 radical (unpaired) electrons. The van der Waals surface area contributed by atoms with Gasteiger partial charge in [-0.1, -0.05) is 60.7 Å². The van der Waals surface area contributed by atoms with E-state index in [2.05, 4.69) is 0 Å². The van der Waals surface area contributed by atoms with Gasteiger partial charge in [-0.3, -0.25) is 9.59 Å². The lowest BCUT2D eigenvalue weighted by atomic mass is 10.0. The molecule has 4 nitrogen and oxygen atoms in total. The fourth-order valence-corrected chi connectivity index (χ4v) is 4.69. The lowest BCUT2D eigenvalue weighted by Crippen LogP contribution is -2.45. The van der Waals surface area contributed by atoms with E-state index in [0.29, 0.717) is 18.7 Å². The van der Waals surface area contributed by atoms with Crippen molar-refractivity contribution in [2.24, 2.45) is 0 Å². The monoisotopic (exact) mass is 500 g/mol. The number of hydrogen-bond acceptors (Lipinski definition) is 3. The Labute approximate surface area is 215 Å². The van der Waals surface area contributed by atoms with Gasteiger partial charge in [0.15, 0.2) is 0 Å². The molecular formula is C30H29FN2O2S. The van der Waals surface area contributed by atoms with Crippen LogP contribution >= 0.6 is 11.3 Å². The number of benzene rings is 3. The predicted molar refractivity (Wildman–Crippen MR) is 143 cm³/mol. The average Bonchev–Trinajstić information content (AvgIpc) is 3.41. The Morgan fingerprint density at radius 1 is 0.806 bits per heavy atom. The van der Waals surface area contributed by atoms with Gasteiger partial charge < -0.3 is 9.80 Å². The Morgan fingerprint density at radius 2 is 1.47 bits per heavy atom. The maximum absolute atomic E-state index is 13.5. The van der Waals surface area contributed by atoms with E-state index in [-0.39, 0.29) is 30.2 Å². The van der Waals surface area contributed by atoms with Gasteiger partial charge in [0.05, 0.1) is 6.54 Å². The predicted octanol–water partition coefficient (Wildman–Crippen LogP) is 6.63. The number of hydrogen-bond donors (Lipinski definition) is 0. The summed E-state index contributed by atoms with van der Waals surface area (Å²) in [7, 11) is 0. The molecule has 0 saturated heterocycles. The normalized spacial score (nSPS) is 10.9. The first-order chi connectivity index (χ1) is 17.4. The van der Waals surface area contributed by atoms with Crippen LogP contribution in [0.25, 0.3) is 11.1 Å². The Kier molecular flexibility index (Phi) is 8.28. The van der Waals surface area contributed by atoms with Crippen molar-refractivity contribution in [2.45, 2.75) is 33.0 Å². The van der Waals surface area contributed by atoms with Crippen LogP contribution in [-0.2, 0) is 17.9 Å². The van der Waals surface area contributed by atoms with Gasteiger partial charge in [0.1, 0.15) is 12.4 Å². The average molecular weight is 501 g/mol. The summed E-state index contributed by atoms with van der Waals surface area (Å²) in [5.41, 5.74) is 3.48.